The van der Waals surface area contributed by atoms with Gasteiger partial charge in [0.15, 0.2) is 0 Å². The van der Waals surface area contributed by atoms with E-state index in [0.29, 0.717) is 24.2 Å². The maximum Gasteiger partial charge on any atom is 0.220 e. The zero-order valence-corrected chi connectivity index (χ0v) is 14.9. The van der Waals surface area contributed by atoms with E-state index in [9.17, 15) is 4.79 Å². The molecule has 0 saturated carbocycles. The first-order valence-corrected chi connectivity index (χ1v) is 8.63. The molecule has 0 aromatic rings. The summed E-state index contributed by atoms with van der Waals surface area (Å²) >= 11 is 0. The molecule has 1 saturated heterocycles. The summed E-state index contributed by atoms with van der Waals surface area (Å²) in [6.07, 6.45) is 4.88. The van der Waals surface area contributed by atoms with Gasteiger partial charge in [-0.3, -0.25) is 4.79 Å². The predicted octanol–water partition coefficient (Wildman–Crippen LogP) is 4.16. The molecule has 1 aliphatic heterocycles. The van der Waals surface area contributed by atoms with Crippen LogP contribution in [0.3, 0.4) is 0 Å². The van der Waals surface area contributed by atoms with Crippen LogP contribution in [0.1, 0.15) is 73.6 Å². The molecule has 3 nitrogen and oxygen atoms in total. The Morgan fingerprint density at radius 2 is 1.90 bits per heavy atom. The van der Waals surface area contributed by atoms with Crippen LogP contribution in [0.25, 0.3) is 0 Å². The predicted molar refractivity (Wildman–Crippen MR) is 88.2 cm³/mol. The molecule has 1 N–H and O–H groups in total. The van der Waals surface area contributed by atoms with Crippen molar-refractivity contribution in [2.45, 2.75) is 85.3 Å². The number of hydrogen-bond donors (Lipinski definition) is 1. The number of amides is 1. The van der Waals surface area contributed by atoms with Gasteiger partial charge in [0, 0.05) is 19.1 Å². The van der Waals surface area contributed by atoms with Crippen molar-refractivity contribution in [3.63, 3.8) is 0 Å². The third-order valence-electron chi connectivity index (χ3n) is 4.57. The monoisotopic (exact) mass is 297 g/mol. The molecule has 1 fully saturated rings. The largest absolute Gasteiger partial charge is 0.375 e. The molecule has 0 aliphatic carbocycles. The Labute approximate surface area is 131 Å². The molecule has 0 aromatic heterocycles. The maximum atomic E-state index is 12.3. The van der Waals surface area contributed by atoms with Crippen LogP contribution in [0.5, 0.6) is 0 Å². The van der Waals surface area contributed by atoms with Crippen LogP contribution in [-0.4, -0.2) is 24.2 Å². The number of hydrogen-bond acceptors (Lipinski definition) is 2. The summed E-state index contributed by atoms with van der Waals surface area (Å²) in [4.78, 5) is 12.3. The van der Waals surface area contributed by atoms with E-state index < -0.39 is 0 Å². The van der Waals surface area contributed by atoms with Crippen LogP contribution in [0, 0.1) is 17.8 Å². The number of carbonyl (C=O) groups excluding carboxylic acids is 1. The van der Waals surface area contributed by atoms with Gasteiger partial charge >= 0.3 is 0 Å². The molecule has 124 valence electrons. The average molecular weight is 297 g/mol. The number of nitrogens with one attached hydrogen (secondary N) is 1. The molecular formula is C18H35NO2. The highest BCUT2D eigenvalue weighted by Crippen LogP contribution is 2.26. The number of ether oxygens (including phenoxy) is 1. The standard InChI is InChI=1S/C18H35NO2/c1-13(2)7-8-15(14(3)4)11-17(20)19-16-9-10-21-18(5,6)12-16/h13-16H,7-12H2,1-6H3,(H,19,20)/t15-,16+/m1/s1. The molecule has 1 rings (SSSR count). The van der Waals surface area contributed by atoms with Gasteiger partial charge < -0.3 is 10.1 Å². The summed E-state index contributed by atoms with van der Waals surface area (Å²) < 4.78 is 5.71. The second kappa shape index (κ2) is 8.17. The van der Waals surface area contributed by atoms with Gasteiger partial charge in [0.1, 0.15) is 0 Å². The zero-order chi connectivity index (χ0) is 16.0. The minimum absolute atomic E-state index is 0.106. The fourth-order valence-electron chi connectivity index (χ4n) is 3.10. The second-order valence-corrected chi connectivity index (χ2v) is 8.04. The first kappa shape index (κ1) is 18.5. The number of rotatable bonds is 7. The molecule has 0 aromatic carbocycles. The summed E-state index contributed by atoms with van der Waals surface area (Å²) in [5.41, 5.74) is -0.106. The Bertz CT molecular complexity index is 323. The van der Waals surface area contributed by atoms with Crippen molar-refractivity contribution in [1.82, 2.24) is 5.32 Å². The van der Waals surface area contributed by atoms with Gasteiger partial charge in [-0.05, 0) is 50.9 Å². The van der Waals surface area contributed by atoms with Gasteiger partial charge in [0.2, 0.25) is 5.91 Å². The molecule has 3 heteroatoms. The van der Waals surface area contributed by atoms with Gasteiger partial charge in [0.05, 0.1) is 5.60 Å². The molecule has 1 amide bonds. The first-order valence-electron chi connectivity index (χ1n) is 8.63. The van der Waals surface area contributed by atoms with Crippen molar-refractivity contribution < 1.29 is 9.53 Å². The number of carbonyl (C=O) groups is 1. The van der Waals surface area contributed by atoms with Crippen LogP contribution in [0.15, 0.2) is 0 Å². The van der Waals surface area contributed by atoms with Gasteiger partial charge in [-0.1, -0.05) is 34.1 Å². The van der Waals surface area contributed by atoms with Gasteiger partial charge in [-0.2, -0.15) is 0 Å². The van der Waals surface area contributed by atoms with Crippen molar-refractivity contribution in [3.05, 3.63) is 0 Å². The van der Waals surface area contributed by atoms with Crippen LogP contribution in [-0.2, 0) is 9.53 Å². The normalized spacial score (nSPS) is 23.3. The van der Waals surface area contributed by atoms with Crippen LogP contribution in [0.2, 0.25) is 0 Å². The topological polar surface area (TPSA) is 38.3 Å². The second-order valence-electron chi connectivity index (χ2n) is 8.04. The third kappa shape index (κ3) is 7.30. The Balaban J connectivity index is 2.42. The summed E-state index contributed by atoms with van der Waals surface area (Å²) in [5, 5.41) is 3.23. The van der Waals surface area contributed by atoms with E-state index in [1.165, 1.54) is 6.42 Å². The molecule has 1 aliphatic rings. The minimum Gasteiger partial charge on any atom is -0.375 e. The minimum atomic E-state index is -0.106. The van der Waals surface area contributed by atoms with Crippen molar-refractivity contribution in [2.75, 3.05) is 6.61 Å². The Morgan fingerprint density at radius 1 is 1.24 bits per heavy atom. The van der Waals surface area contributed by atoms with E-state index in [1.807, 2.05) is 0 Å². The summed E-state index contributed by atoms with van der Waals surface area (Å²) in [6.45, 7) is 13.9. The van der Waals surface area contributed by atoms with Crippen LogP contribution >= 0.6 is 0 Å². The molecule has 0 bridgehead atoms. The molecule has 0 unspecified atom stereocenters. The Kier molecular flexibility index (Phi) is 7.19. The van der Waals surface area contributed by atoms with Crippen LogP contribution in [0.4, 0.5) is 0 Å². The first-order chi connectivity index (χ1) is 9.69. The van der Waals surface area contributed by atoms with E-state index in [1.54, 1.807) is 0 Å². The molecule has 1 heterocycles. The molecule has 21 heavy (non-hydrogen) atoms. The smallest absolute Gasteiger partial charge is 0.220 e. The van der Waals surface area contributed by atoms with E-state index in [4.69, 9.17) is 4.74 Å². The fraction of sp³-hybridized carbons (Fsp3) is 0.944. The fourth-order valence-corrected chi connectivity index (χ4v) is 3.10. The quantitative estimate of drug-likeness (QED) is 0.766. The lowest BCUT2D eigenvalue weighted by Crippen LogP contribution is -2.46. The van der Waals surface area contributed by atoms with E-state index in [2.05, 4.69) is 46.9 Å². The highest BCUT2D eigenvalue weighted by atomic mass is 16.5. The van der Waals surface area contributed by atoms with Crippen LogP contribution < -0.4 is 5.32 Å². The van der Waals surface area contributed by atoms with Gasteiger partial charge in [0.25, 0.3) is 0 Å². The summed E-state index contributed by atoms with van der Waals surface area (Å²) in [5.74, 6) is 2.01. The van der Waals surface area contributed by atoms with Gasteiger partial charge in [-0.15, -0.1) is 0 Å². The van der Waals surface area contributed by atoms with E-state index in [-0.39, 0.29) is 17.6 Å². The molecule has 0 radical (unpaired) electrons. The Hall–Kier alpha value is -0.570. The lowest BCUT2D eigenvalue weighted by atomic mass is 9.85. The SMILES string of the molecule is CC(C)CC[C@H](CC(=O)N[C@H]1CCOC(C)(C)C1)C(C)C. The van der Waals surface area contributed by atoms with Crippen molar-refractivity contribution in [3.8, 4) is 0 Å². The highest BCUT2D eigenvalue weighted by molar-refractivity contribution is 5.76. The summed E-state index contributed by atoms with van der Waals surface area (Å²) in [6, 6.07) is 0.277. The third-order valence-corrected chi connectivity index (χ3v) is 4.57. The Morgan fingerprint density at radius 3 is 2.43 bits per heavy atom. The summed E-state index contributed by atoms with van der Waals surface area (Å²) in [7, 11) is 0. The van der Waals surface area contributed by atoms with E-state index >= 15 is 0 Å². The zero-order valence-electron chi connectivity index (χ0n) is 14.9. The highest BCUT2D eigenvalue weighted by Gasteiger charge is 2.30. The van der Waals surface area contributed by atoms with Crippen molar-refractivity contribution in [1.29, 1.82) is 0 Å². The lowest BCUT2D eigenvalue weighted by Gasteiger charge is -2.36. The van der Waals surface area contributed by atoms with Crippen molar-refractivity contribution in [2.24, 2.45) is 17.8 Å². The maximum absolute atomic E-state index is 12.3. The molecule has 2 atom stereocenters. The molecule has 0 spiro atoms. The van der Waals surface area contributed by atoms with Crippen molar-refractivity contribution >= 4 is 5.91 Å². The van der Waals surface area contributed by atoms with Gasteiger partial charge in [-0.25, -0.2) is 0 Å². The molecular weight excluding hydrogens is 262 g/mol. The van der Waals surface area contributed by atoms with E-state index in [0.717, 1.165) is 25.9 Å². The average Bonchev–Trinajstić information content (AvgIpc) is 2.32. The lowest BCUT2D eigenvalue weighted by molar-refractivity contribution is -0.125.